The van der Waals surface area contributed by atoms with E-state index in [1.807, 2.05) is 54.6 Å². The van der Waals surface area contributed by atoms with Crippen molar-refractivity contribution in [3.05, 3.63) is 90.0 Å². The van der Waals surface area contributed by atoms with E-state index in [-0.39, 0.29) is 18.2 Å². The van der Waals surface area contributed by atoms with Crippen molar-refractivity contribution < 1.29 is 14.3 Å². The van der Waals surface area contributed by atoms with E-state index in [2.05, 4.69) is 6.07 Å². The molecule has 0 aliphatic carbocycles. The van der Waals surface area contributed by atoms with Crippen LogP contribution < -0.4 is 14.4 Å². The van der Waals surface area contributed by atoms with Crippen LogP contribution in [0.3, 0.4) is 0 Å². The second-order valence-electron chi connectivity index (χ2n) is 7.16. The third-order valence-corrected chi connectivity index (χ3v) is 5.36. The van der Waals surface area contributed by atoms with Crippen LogP contribution in [0.15, 0.2) is 78.9 Å². The molecule has 1 saturated heterocycles. The van der Waals surface area contributed by atoms with Gasteiger partial charge in [0.15, 0.2) is 0 Å². The van der Waals surface area contributed by atoms with Crippen molar-refractivity contribution in [3.8, 4) is 17.6 Å². The summed E-state index contributed by atoms with van der Waals surface area (Å²) < 4.78 is 11.3. The number of ether oxygens (including phenoxy) is 2. The Labute approximate surface area is 176 Å². The van der Waals surface area contributed by atoms with Crippen LogP contribution >= 0.6 is 0 Å². The fourth-order valence-corrected chi connectivity index (χ4v) is 3.86. The third-order valence-electron chi connectivity index (χ3n) is 5.36. The van der Waals surface area contributed by atoms with Crippen molar-refractivity contribution in [1.29, 1.82) is 5.26 Å². The van der Waals surface area contributed by atoms with Crippen LogP contribution in [0.25, 0.3) is 0 Å². The first-order valence-electron chi connectivity index (χ1n) is 9.82. The first-order valence-corrected chi connectivity index (χ1v) is 9.82. The molecule has 1 heterocycles. The monoisotopic (exact) mass is 398 g/mol. The van der Waals surface area contributed by atoms with Gasteiger partial charge in [-0.1, -0.05) is 48.5 Å². The summed E-state index contributed by atoms with van der Waals surface area (Å²) in [6.45, 7) is 0.429. The number of para-hydroxylation sites is 1. The van der Waals surface area contributed by atoms with Gasteiger partial charge in [0.2, 0.25) is 5.91 Å². The van der Waals surface area contributed by atoms with Crippen molar-refractivity contribution in [2.75, 3.05) is 12.0 Å². The molecular weight excluding hydrogens is 376 g/mol. The Kier molecular flexibility index (Phi) is 5.67. The van der Waals surface area contributed by atoms with Crippen LogP contribution in [-0.4, -0.2) is 19.1 Å². The maximum absolute atomic E-state index is 12.9. The average molecular weight is 398 g/mol. The van der Waals surface area contributed by atoms with E-state index in [0.29, 0.717) is 23.8 Å². The van der Waals surface area contributed by atoms with Gasteiger partial charge in [-0.15, -0.1) is 0 Å². The van der Waals surface area contributed by atoms with E-state index in [1.54, 1.807) is 36.3 Å². The summed E-state index contributed by atoms with van der Waals surface area (Å²) in [6.07, 6.45) is 0.260. The van der Waals surface area contributed by atoms with Gasteiger partial charge in [-0.3, -0.25) is 9.69 Å². The predicted octanol–water partition coefficient (Wildman–Crippen LogP) is 4.69. The van der Waals surface area contributed by atoms with Crippen molar-refractivity contribution in [3.63, 3.8) is 0 Å². The summed E-state index contributed by atoms with van der Waals surface area (Å²) in [7, 11) is 1.59. The number of nitrogens with zero attached hydrogens (tertiary/aromatic N) is 2. The highest BCUT2D eigenvalue weighted by Gasteiger charge is 2.42. The lowest BCUT2D eigenvalue weighted by Crippen LogP contribution is -2.33. The number of anilines is 1. The zero-order valence-electron chi connectivity index (χ0n) is 16.7. The summed E-state index contributed by atoms with van der Waals surface area (Å²) in [5.41, 5.74) is 2.63. The van der Waals surface area contributed by atoms with E-state index in [1.165, 1.54) is 0 Å². The normalized spacial score (nSPS) is 18.1. The molecule has 1 amide bonds. The maximum Gasteiger partial charge on any atom is 0.228 e. The van der Waals surface area contributed by atoms with Crippen molar-refractivity contribution in [1.82, 2.24) is 0 Å². The van der Waals surface area contributed by atoms with Gasteiger partial charge in [0, 0.05) is 23.6 Å². The highest BCUT2D eigenvalue weighted by molar-refractivity contribution is 5.98. The summed E-state index contributed by atoms with van der Waals surface area (Å²) in [6, 6.07) is 26.5. The highest BCUT2D eigenvalue weighted by Crippen LogP contribution is 2.41. The number of carbonyl (C=O) groups excluding carboxylic acids is 1. The number of amides is 1. The Morgan fingerprint density at radius 3 is 2.40 bits per heavy atom. The van der Waals surface area contributed by atoms with E-state index in [0.717, 1.165) is 11.1 Å². The lowest BCUT2D eigenvalue weighted by molar-refractivity contribution is -0.117. The Balaban J connectivity index is 1.61. The van der Waals surface area contributed by atoms with Crippen LogP contribution in [0.2, 0.25) is 0 Å². The van der Waals surface area contributed by atoms with E-state index in [9.17, 15) is 10.1 Å². The summed E-state index contributed by atoms with van der Waals surface area (Å²) in [5, 5.41) is 9.94. The molecule has 4 rings (SSSR count). The summed E-state index contributed by atoms with van der Waals surface area (Å²) in [4.78, 5) is 14.5. The zero-order chi connectivity index (χ0) is 20.9. The Morgan fingerprint density at radius 1 is 1.00 bits per heavy atom. The Morgan fingerprint density at radius 2 is 1.70 bits per heavy atom. The smallest absolute Gasteiger partial charge is 0.228 e. The fourth-order valence-electron chi connectivity index (χ4n) is 3.86. The molecule has 1 fully saturated rings. The van der Waals surface area contributed by atoms with Gasteiger partial charge in [-0.2, -0.15) is 5.26 Å². The van der Waals surface area contributed by atoms with Crippen LogP contribution in [0.5, 0.6) is 11.5 Å². The molecule has 150 valence electrons. The van der Waals surface area contributed by atoms with Gasteiger partial charge in [0.05, 0.1) is 13.2 Å². The standard InChI is InChI=1S/C25H22N2O3/c1-29-20-13-11-19(12-14-20)27-23(16-26)22(15-25(27)28)21-9-5-6-10-24(21)30-17-18-7-3-2-4-8-18/h2-14,22-23H,15,17H2,1H3. The molecule has 5 heteroatoms. The Bertz CT molecular complexity index is 1060. The number of rotatable bonds is 6. The topological polar surface area (TPSA) is 62.6 Å². The molecule has 5 nitrogen and oxygen atoms in total. The van der Waals surface area contributed by atoms with Gasteiger partial charge in [0.1, 0.15) is 24.1 Å². The van der Waals surface area contributed by atoms with Crippen molar-refractivity contribution in [2.24, 2.45) is 0 Å². The molecule has 2 unspecified atom stereocenters. The second kappa shape index (κ2) is 8.71. The molecule has 1 aliphatic rings. The zero-order valence-corrected chi connectivity index (χ0v) is 16.7. The third kappa shape index (κ3) is 3.85. The average Bonchev–Trinajstić information content (AvgIpc) is 3.14. The molecule has 1 aliphatic heterocycles. The van der Waals surface area contributed by atoms with Gasteiger partial charge in [-0.25, -0.2) is 0 Å². The van der Waals surface area contributed by atoms with E-state index >= 15 is 0 Å². The number of hydrogen-bond donors (Lipinski definition) is 0. The Hall–Kier alpha value is -3.78. The molecular formula is C25H22N2O3. The molecule has 3 aromatic rings. The summed E-state index contributed by atoms with van der Waals surface area (Å²) >= 11 is 0. The lowest BCUT2D eigenvalue weighted by atomic mass is 9.91. The molecule has 2 atom stereocenters. The van der Waals surface area contributed by atoms with Crippen molar-refractivity contribution >= 4 is 11.6 Å². The molecule has 30 heavy (non-hydrogen) atoms. The minimum absolute atomic E-state index is 0.0745. The van der Waals surface area contributed by atoms with E-state index in [4.69, 9.17) is 9.47 Å². The van der Waals surface area contributed by atoms with Crippen LogP contribution in [0, 0.1) is 11.3 Å². The number of hydrogen-bond acceptors (Lipinski definition) is 4. The molecule has 0 saturated carbocycles. The first-order chi connectivity index (χ1) is 14.7. The van der Waals surface area contributed by atoms with Crippen LogP contribution in [-0.2, 0) is 11.4 Å². The highest BCUT2D eigenvalue weighted by atomic mass is 16.5. The quantitative estimate of drug-likeness (QED) is 0.604. The largest absolute Gasteiger partial charge is 0.497 e. The SMILES string of the molecule is COc1ccc(N2C(=O)CC(c3ccccc3OCc3ccccc3)C2C#N)cc1. The van der Waals surface area contributed by atoms with Gasteiger partial charge in [0.25, 0.3) is 0 Å². The molecule has 0 radical (unpaired) electrons. The fraction of sp³-hybridized carbons (Fsp3) is 0.200. The van der Waals surface area contributed by atoms with E-state index < -0.39 is 6.04 Å². The minimum atomic E-state index is -0.604. The number of carbonyl (C=O) groups is 1. The maximum atomic E-state index is 12.9. The van der Waals surface area contributed by atoms with Crippen LogP contribution in [0.1, 0.15) is 23.5 Å². The minimum Gasteiger partial charge on any atom is -0.497 e. The second-order valence-corrected chi connectivity index (χ2v) is 7.16. The number of methoxy groups -OCH3 is 1. The van der Waals surface area contributed by atoms with Gasteiger partial charge in [-0.05, 0) is 35.9 Å². The number of benzene rings is 3. The predicted molar refractivity (Wildman–Crippen MR) is 114 cm³/mol. The molecule has 3 aromatic carbocycles. The molecule has 0 aromatic heterocycles. The van der Waals surface area contributed by atoms with Gasteiger partial charge < -0.3 is 9.47 Å². The number of nitriles is 1. The molecule has 0 spiro atoms. The first kappa shape index (κ1) is 19.5. The summed E-state index contributed by atoms with van der Waals surface area (Å²) in [5.74, 6) is 1.07. The van der Waals surface area contributed by atoms with Gasteiger partial charge >= 0.3 is 0 Å². The lowest BCUT2D eigenvalue weighted by Gasteiger charge is -2.24. The van der Waals surface area contributed by atoms with Crippen LogP contribution in [0.4, 0.5) is 5.69 Å². The molecule has 0 bridgehead atoms. The van der Waals surface area contributed by atoms with Crippen molar-refractivity contribution in [2.45, 2.75) is 25.0 Å². The molecule has 0 N–H and O–H groups in total.